The Morgan fingerprint density at radius 3 is 2.26 bits per heavy atom. The van der Waals surface area contributed by atoms with E-state index in [2.05, 4.69) is 11.8 Å². The van der Waals surface area contributed by atoms with Gasteiger partial charge in [-0.2, -0.15) is 0 Å². The first-order chi connectivity index (χ1) is 9.10. The van der Waals surface area contributed by atoms with Crippen LogP contribution in [0.1, 0.15) is 22.3 Å². The summed E-state index contributed by atoms with van der Waals surface area (Å²) in [4.78, 5) is 0. The summed E-state index contributed by atoms with van der Waals surface area (Å²) < 4.78 is 18.6. The van der Waals surface area contributed by atoms with Crippen LogP contribution in [0.25, 0.3) is 0 Å². The van der Waals surface area contributed by atoms with Crippen molar-refractivity contribution in [2.75, 3.05) is 7.11 Å². The Labute approximate surface area is 113 Å². The molecule has 2 heteroatoms. The van der Waals surface area contributed by atoms with Crippen LogP contribution < -0.4 is 4.74 Å². The van der Waals surface area contributed by atoms with Crippen molar-refractivity contribution < 1.29 is 9.13 Å². The van der Waals surface area contributed by atoms with E-state index in [1.54, 1.807) is 14.0 Å². The zero-order valence-corrected chi connectivity index (χ0v) is 11.3. The summed E-state index contributed by atoms with van der Waals surface area (Å²) in [5.74, 6) is 6.61. The molecule has 0 heterocycles. The van der Waals surface area contributed by atoms with Crippen LogP contribution in [0.5, 0.6) is 5.75 Å². The van der Waals surface area contributed by atoms with Gasteiger partial charge in [0.2, 0.25) is 0 Å². The van der Waals surface area contributed by atoms with E-state index < -0.39 is 0 Å². The van der Waals surface area contributed by atoms with Crippen molar-refractivity contribution in [1.29, 1.82) is 0 Å². The Morgan fingerprint density at radius 1 is 0.947 bits per heavy atom. The van der Waals surface area contributed by atoms with Crippen LogP contribution in [0.3, 0.4) is 0 Å². The molecule has 96 valence electrons. The van der Waals surface area contributed by atoms with Crippen LogP contribution in [-0.4, -0.2) is 7.11 Å². The van der Waals surface area contributed by atoms with Crippen LogP contribution in [0.4, 0.5) is 4.39 Å². The highest BCUT2D eigenvalue weighted by Gasteiger charge is 2.01. The molecule has 0 saturated heterocycles. The zero-order valence-electron chi connectivity index (χ0n) is 11.3. The Hall–Kier alpha value is -2.27. The van der Waals surface area contributed by atoms with E-state index in [0.29, 0.717) is 5.56 Å². The molecule has 2 aromatic carbocycles. The summed E-state index contributed by atoms with van der Waals surface area (Å²) >= 11 is 0. The lowest BCUT2D eigenvalue weighted by molar-refractivity contribution is 0.415. The number of methoxy groups -OCH3 is 1. The van der Waals surface area contributed by atoms with Gasteiger partial charge in [0.15, 0.2) is 0 Å². The van der Waals surface area contributed by atoms with Crippen LogP contribution in [0.15, 0.2) is 36.4 Å². The predicted molar refractivity (Wildman–Crippen MR) is 74.8 cm³/mol. The highest BCUT2D eigenvalue weighted by molar-refractivity contribution is 5.48. The van der Waals surface area contributed by atoms with Crippen molar-refractivity contribution >= 4 is 0 Å². The molecule has 0 saturated carbocycles. The van der Waals surface area contributed by atoms with E-state index >= 15 is 0 Å². The normalized spacial score (nSPS) is 9.68. The van der Waals surface area contributed by atoms with Gasteiger partial charge in [-0.1, -0.05) is 17.9 Å². The van der Waals surface area contributed by atoms with Gasteiger partial charge in [-0.3, -0.25) is 0 Å². The average Bonchev–Trinajstić information content (AvgIpc) is 2.42. The maximum Gasteiger partial charge on any atom is 0.127 e. The van der Waals surface area contributed by atoms with Gasteiger partial charge >= 0.3 is 0 Å². The molecule has 0 atom stereocenters. The number of halogens is 1. The molecule has 0 aromatic heterocycles. The van der Waals surface area contributed by atoms with Crippen molar-refractivity contribution in [3.63, 3.8) is 0 Å². The van der Waals surface area contributed by atoms with Gasteiger partial charge in [0.05, 0.1) is 7.11 Å². The fraction of sp³-hybridized carbons (Fsp3) is 0.176. The van der Waals surface area contributed by atoms with Gasteiger partial charge in [-0.25, -0.2) is 4.39 Å². The van der Waals surface area contributed by atoms with Gasteiger partial charge < -0.3 is 4.74 Å². The zero-order chi connectivity index (χ0) is 13.8. The average molecular weight is 254 g/mol. The molecule has 0 aliphatic rings. The Kier molecular flexibility index (Phi) is 3.87. The summed E-state index contributed by atoms with van der Waals surface area (Å²) in [5, 5.41) is 0. The number of rotatable bonds is 1. The van der Waals surface area contributed by atoms with Gasteiger partial charge in [0.25, 0.3) is 0 Å². The van der Waals surface area contributed by atoms with Gasteiger partial charge in [-0.05, 0) is 55.3 Å². The van der Waals surface area contributed by atoms with E-state index in [4.69, 9.17) is 4.74 Å². The second kappa shape index (κ2) is 5.58. The molecule has 0 aliphatic carbocycles. The lowest BCUT2D eigenvalue weighted by Gasteiger charge is -2.01. The van der Waals surface area contributed by atoms with Gasteiger partial charge in [-0.15, -0.1) is 0 Å². The molecule has 2 rings (SSSR count). The van der Waals surface area contributed by atoms with Crippen molar-refractivity contribution in [3.8, 4) is 17.6 Å². The van der Waals surface area contributed by atoms with Crippen LogP contribution in [0.2, 0.25) is 0 Å². The molecule has 19 heavy (non-hydrogen) atoms. The molecule has 0 radical (unpaired) electrons. The SMILES string of the molecule is COc1ccc(C#Cc2cc(F)c(C)cc2C)cc1. The first kappa shape index (κ1) is 13.2. The highest BCUT2D eigenvalue weighted by Crippen LogP contribution is 2.14. The molecular weight excluding hydrogens is 239 g/mol. The Bertz CT molecular complexity index is 645. The molecule has 0 spiro atoms. The maximum atomic E-state index is 13.5. The van der Waals surface area contributed by atoms with E-state index in [9.17, 15) is 4.39 Å². The fourth-order valence-corrected chi connectivity index (χ4v) is 1.77. The summed E-state index contributed by atoms with van der Waals surface area (Å²) in [5.41, 5.74) is 3.23. The monoisotopic (exact) mass is 254 g/mol. The third-order valence-corrected chi connectivity index (χ3v) is 2.94. The number of hydrogen-bond donors (Lipinski definition) is 0. The number of aryl methyl sites for hydroxylation is 2. The smallest absolute Gasteiger partial charge is 0.127 e. The minimum absolute atomic E-state index is 0.218. The summed E-state index contributed by atoms with van der Waals surface area (Å²) in [6, 6.07) is 10.8. The molecule has 1 nitrogen and oxygen atoms in total. The molecule has 0 N–H and O–H groups in total. The molecule has 0 aliphatic heterocycles. The van der Waals surface area contributed by atoms with E-state index in [0.717, 1.165) is 22.4 Å². The van der Waals surface area contributed by atoms with Crippen molar-refractivity contribution in [2.24, 2.45) is 0 Å². The van der Waals surface area contributed by atoms with Gasteiger partial charge in [0.1, 0.15) is 11.6 Å². The molecule has 0 unspecified atom stereocenters. The first-order valence-electron chi connectivity index (χ1n) is 6.03. The van der Waals surface area contributed by atoms with Crippen LogP contribution in [-0.2, 0) is 0 Å². The molecule has 0 fully saturated rings. The summed E-state index contributed by atoms with van der Waals surface area (Å²) in [6.45, 7) is 3.69. The van der Waals surface area contributed by atoms with E-state index in [-0.39, 0.29) is 5.82 Å². The van der Waals surface area contributed by atoms with Crippen molar-refractivity contribution in [3.05, 3.63) is 64.5 Å². The molecule has 2 aromatic rings. The Balaban J connectivity index is 2.30. The van der Waals surface area contributed by atoms with E-state index in [1.165, 1.54) is 6.07 Å². The number of benzene rings is 2. The largest absolute Gasteiger partial charge is 0.497 e. The topological polar surface area (TPSA) is 9.23 Å². The van der Waals surface area contributed by atoms with E-state index in [1.807, 2.05) is 37.3 Å². The minimum atomic E-state index is -0.218. The minimum Gasteiger partial charge on any atom is -0.497 e. The van der Waals surface area contributed by atoms with Crippen molar-refractivity contribution in [1.82, 2.24) is 0 Å². The third-order valence-electron chi connectivity index (χ3n) is 2.94. The predicted octanol–water partition coefficient (Wildman–Crippen LogP) is 3.85. The van der Waals surface area contributed by atoms with Crippen LogP contribution >= 0.6 is 0 Å². The second-order valence-electron chi connectivity index (χ2n) is 4.39. The van der Waals surface area contributed by atoms with Crippen LogP contribution in [0, 0.1) is 31.5 Å². The lowest BCUT2D eigenvalue weighted by Crippen LogP contribution is -1.89. The standard InChI is InChI=1S/C17H15FO/c1-12-10-13(2)17(18)11-15(12)7-4-14-5-8-16(19-3)9-6-14/h5-6,8-11H,1-3H3. The number of hydrogen-bond acceptors (Lipinski definition) is 1. The molecular formula is C17H15FO. The summed E-state index contributed by atoms with van der Waals surface area (Å²) in [6.07, 6.45) is 0. The highest BCUT2D eigenvalue weighted by atomic mass is 19.1. The van der Waals surface area contributed by atoms with Crippen molar-refractivity contribution in [2.45, 2.75) is 13.8 Å². The summed E-state index contributed by atoms with van der Waals surface area (Å²) in [7, 11) is 1.62. The lowest BCUT2D eigenvalue weighted by atomic mass is 10.1. The second-order valence-corrected chi connectivity index (χ2v) is 4.39. The maximum absolute atomic E-state index is 13.5. The fourth-order valence-electron chi connectivity index (χ4n) is 1.77. The van der Waals surface area contributed by atoms with Gasteiger partial charge in [0, 0.05) is 11.1 Å². The first-order valence-corrected chi connectivity index (χ1v) is 6.03. The Morgan fingerprint density at radius 2 is 1.63 bits per heavy atom. The molecule has 0 bridgehead atoms. The third kappa shape index (κ3) is 3.14. The quantitative estimate of drug-likeness (QED) is 0.702. The number of ether oxygens (including phenoxy) is 1. The molecule has 0 amide bonds.